The number of carbonyl (C=O) groups is 1. The zero-order valence-electron chi connectivity index (χ0n) is 11.4. The number of carbonyl (C=O) groups excluding carboxylic acids is 1. The smallest absolute Gasteiger partial charge is 0.390 e. The zero-order chi connectivity index (χ0) is 15.3. The molecule has 0 atom stereocenters. The fourth-order valence-electron chi connectivity index (χ4n) is 1.62. The minimum atomic E-state index is -4.21. The van der Waals surface area contributed by atoms with Crippen molar-refractivity contribution < 1.29 is 18.0 Å². The van der Waals surface area contributed by atoms with Crippen molar-refractivity contribution in [2.24, 2.45) is 0 Å². The molecule has 0 bridgehead atoms. The number of nitrogens with zero attached hydrogens (tertiary/aromatic N) is 1. The van der Waals surface area contributed by atoms with Crippen LogP contribution in [-0.4, -0.2) is 37.1 Å². The van der Waals surface area contributed by atoms with Crippen LogP contribution in [0.4, 0.5) is 24.5 Å². The highest BCUT2D eigenvalue weighted by Crippen LogP contribution is 2.21. The summed E-state index contributed by atoms with van der Waals surface area (Å²) in [5.41, 5.74) is 7.56. The molecule has 1 aromatic carbocycles. The normalized spacial score (nSPS) is 11.7. The molecule has 0 aliphatic heterocycles. The zero-order valence-corrected chi connectivity index (χ0v) is 11.4. The molecule has 0 heterocycles. The second-order valence-electron chi connectivity index (χ2n) is 4.67. The molecule has 112 valence electrons. The molecule has 7 heteroatoms. The second-order valence-corrected chi connectivity index (χ2v) is 4.67. The van der Waals surface area contributed by atoms with Crippen molar-refractivity contribution in [3.05, 3.63) is 23.8 Å². The molecule has 4 nitrogen and oxygen atoms in total. The van der Waals surface area contributed by atoms with Crippen molar-refractivity contribution in [3.8, 4) is 0 Å². The standard InChI is InChI=1S/C13H18F3N3O/c1-9-10(17)4-3-5-11(9)18-12(20)8-19(2)7-6-13(14,15)16/h3-5H,6-8,17H2,1-2H3,(H,18,20). The number of nitrogens with two attached hydrogens (primary N) is 1. The molecule has 0 aliphatic carbocycles. The summed E-state index contributed by atoms with van der Waals surface area (Å²) in [5.74, 6) is -0.372. The number of nitrogen functional groups attached to an aromatic ring is 1. The number of amides is 1. The van der Waals surface area contributed by atoms with Crippen LogP contribution in [0.15, 0.2) is 18.2 Å². The van der Waals surface area contributed by atoms with Crippen LogP contribution >= 0.6 is 0 Å². The van der Waals surface area contributed by atoms with Gasteiger partial charge < -0.3 is 11.1 Å². The maximum Gasteiger partial charge on any atom is 0.390 e. The van der Waals surface area contributed by atoms with Crippen LogP contribution in [0, 0.1) is 6.92 Å². The summed E-state index contributed by atoms with van der Waals surface area (Å²) >= 11 is 0. The molecule has 1 aromatic rings. The van der Waals surface area contributed by atoms with E-state index < -0.39 is 12.6 Å². The Balaban J connectivity index is 2.49. The third kappa shape index (κ3) is 5.48. The molecular weight excluding hydrogens is 271 g/mol. The number of nitrogens with one attached hydrogen (secondary N) is 1. The summed E-state index contributed by atoms with van der Waals surface area (Å²) in [6, 6.07) is 5.10. The van der Waals surface area contributed by atoms with Crippen LogP contribution < -0.4 is 11.1 Å². The molecule has 0 saturated carbocycles. The molecule has 0 spiro atoms. The minimum absolute atomic E-state index is 0.107. The second kappa shape index (κ2) is 6.60. The molecule has 0 aromatic heterocycles. The lowest BCUT2D eigenvalue weighted by Crippen LogP contribution is -2.32. The van der Waals surface area contributed by atoms with Crippen LogP contribution in [-0.2, 0) is 4.79 Å². The van der Waals surface area contributed by atoms with Crippen LogP contribution in [0.25, 0.3) is 0 Å². The van der Waals surface area contributed by atoms with Gasteiger partial charge in [-0.05, 0) is 31.7 Å². The first-order chi connectivity index (χ1) is 9.19. The van der Waals surface area contributed by atoms with Gasteiger partial charge in [0.15, 0.2) is 0 Å². The van der Waals surface area contributed by atoms with E-state index in [1.807, 2.05) is 0 Å². The van der Waals surface area contributed by atoms with E-state index in [4.69, 9.17) is 5.73 Å². The Labute approximate surface area is 115 Å². The van der Waals surface area contributed by atoms with Gasteiger partial charge in [-0.25, -0.2) is 0 Å². The van der Waals surface area contributed by atoms with Crippen molar-refractivity contribution in [2.75, 3.05) is 31.2 Å². The van der Waals surface area contributed by atoms with E-state index in [0.717, 1.165) is 5.56 Å². The molecule has 3 N–H and O–H groups in total. The number of rotatable bonds is 5. The predicted molar refractivity (Wildman–Crippen MR) is 72.4 cm³/mol. The number of anilines is 2. The van der Waals surface area contributed by atoms with Gasteiger partial charge in [0, 0.05) is 17.9 Å². The first-order valence-corrected chi connectivity index (χ1v) is 6.09. The number of benzene rings is 1. The van der Waals surface area contributed by atoms with E-state index in [1.54, 1.807) is 25.1 Å². The Morgan fingerprint density at radius 2 is 2.05 bits per heavy atom. The van der Waals surface area contributed by atoms with E-state index in [1.165, 1.54) is 11.9 Å². The molecule has 0 aliphatic rings. The van der Waals surface area contributed by atoms with Gasteiger partial charge >= 0.3 is 6.18 Å². The van der Waals surface area contributed by atoms with E-state index in [2.05, 4.69) is 5.32 Å². The highest BCUT2D eigenvalue weighted by Gasteiger charge is 2.27. The van der Waals surface area contributed by atoms with Gasteiger partial charge in [-0.3, -0.25) is 9.69 Å². The summed E-state index contributed by atoms with van der Waals surface area (Å²) in [7, 11) is 1.47. The van der Waals surface area contributed by atoms with E-state index in [0.29, 0.717) is 11.4 Å². The molecular formula is C13H18F3N3O. The number of alkyl halides is 3. The van der Waals surface area contributed by atoms with Gasteiger partial charge in [0.2, 0.25) is 5.91 Å². The fraction of sp³-hybridized carbons (Fsp3) is 0.462. The maximum atomic E-state index is 12.1. The number of hydrogen-bond donors (Lipinski definition) is 2. The Kier molecular flexibility index (Phi) is 5.38. The molecule has 1 amide bonds. The lowest BCUT2D eigenvalue weighted by molar-refractivity contribution is -0.138. The van der Waals surface area contributed by atoms with Crippen LogP contribution in [0.1, 0.15) is 12.0 Å². The summed E-state index contributed by atoms with van der Waals surface area (Å²) in [6.45, 7) is 1.44. The first kappa shape index (κ1) is 16.3. The lowest BCUT2D eigenvalue weighted by Gasteiger charge is -2.18. The summed E-state index contributed by atoms with van der Waals surface area (Å²) in [6.07, 6.45) is -5.15. The van der Waals surface area contributed by atoms with E-state index in [9.17, 15) is 18.0 Å². The van der Waals surface area contributed by atoms with Gasteiger partial charge in [0.1, 0.15) is 0 Å². The fourth-order valence-corrected chi connectivity index (χ4v) is 1.62. The van der Waals surface area contributed by atoms with Gasteiger partial charge in [-0.15, -0.1) is 0 Å². The summed E-state index contributed by atoms with van der Waals surface area (Å²) < 4.78 is 36.2. The van der Waals surface area contributed by atoms with Gasteiger partial charge in [0.05, 0.1) is 13.0 Å². The SMILES string of the molecule is Cc1c(N)cccc1NC(=O)CN(C)CCC(F)(F)F. The Morgan fingerprint density at radius 3 is 2.65 bits per heavy atom. The molecule has 0 fully saturated rings. The Hall–Kier alpha value is -1.76. The van der Waals surface area contributed by atoms with Crippen molar-refractivity contribution >= 4 is 17.3 Å². The number of halogens is 3. The molecule has 0 unspecified atom stereocenters. The quantitative estimate of drug-likeness (QED) is 0.818. The monoisotopic (exact) mass is 289 g/mol. The van der Waals surface area contributed by atoms with Crippen LogP contribution in [0.3, 0.4) is 0 Å². The Morgan fingerprint density at radius 1 is 1.40 bits per heavy atom. The molecule has 20 heavy (non-hydrogen) atoms. The summed E-state index contributed by atoms with van der Waals surface area (Å²) in [5, 5.41) is 2.64. The lowest BCUT2D eigenvalue weighted by atomic mass is 10.1. The third-order valence-corrected chi connectivity index (χ3v) is 2.84. The highest BCUT2D eigenvalue weighted by molar-refractivity contribution is 5.93. The molecule has 1 rings (SSSR count). The largest absolute Gasteiger partial charge is 0.398 e. The Bertz CT molecular complexity index is 474. The van der Waals surface area contributed by atoms with E-state index >= 15 is 0 Å². The van der Waals surface area contributed by atoms with Crippen molar-refractivity contribution in [3.63, 3.8) is 0 Å². The van der Waals surface area contributed by atoms with Crippen molar-refractivity contribution in [2.45, 2.75) is 19.5 Å². The molecule has 0 saturated heterocycles. The minimum Gasteiger partial charge on any atom is -0.398 e. The topological polar surface area (TPSA) is 58.4 Å². The number of likely N-dealkylation sites (N-methyl/N-ethyl adjacent to an activating group) is 1. The average molecular weight is 289 g/mol. The van der Waals surface area contributed by atoms with Crippen LogP contribution in [0.5, 0.6) is 0 Å². The van der Waals surface area contributed by atoms with Crippen molar-refractivity contribution in [1.29, 1.82) is 0 Å². The third-order valence-electron chi connectivity index (χ3n) is 2.84. The number of hydrogen-bond acceptors (Lipinski definition) is 3. The maximum absolute atomic E-state index is 12.1. The average Bonchev–Trinajstić information content (AvgIpc) is 2.31. The predicted octanol–water partition coefficient (Wildman–Crippen LogP) is 2.40. The van der Waals surface area contributed by atoms with Gasteiger partial charge in [0.25, 0.3) is 0 Å². The summed E-state index contributed by atoms with van der Waals surface area (Å²) in [4.78, 5) is 13.1. The van der Waals surface area contributed by atoms with Gasteiger partial charge in [-0.1, -0.05) is 6.07 Å². The van der Waals surface area contributed by atoms with E-state index in [-0.39, 0.29) is 19.0 Å². The first-order valence-electron chi connectivity index (χ1n) is 6.09. The van der Waals surface area contributed by atoms with Crippen LogP contribution in [0.2, 0.25) is 0 Å². The van der Waals surface area contributed by atoms with Crippen molar-refractivity contribution in [1.82, 2.24) is 4.90 Å². The highest BCUT2D eigenvalue weighted by atomic mass is 19.4. The van der Waals surface area contributed by atoms with Gasteiger partial charge in [-0.2, -0.15) is 13.2 Å². The molecule has 0 radical (unpaired) electrons.